The third-order valence-corrected chi connectivity index (χ3v) is 11.1. The molecule has 2 amide bonds. The maximum absolute atomic E-state index is 14.4. The molecule has 2 unspecified atom stereocenters. The van der Waals surface area contributed by atoms with E-state index < -0.39 is 35.3 Å². The van der Waals surface area contributed by atoms with Crippen LogP contribution in [0.1, 0.15) is 105 Å². The van der Waals surface area contributed by atoms with Crippen LogP contribution in [0.5, 0.6) is 11.6 Å². The maximum atomic E-state index is 14.4. The molecule has 3 heterocycles. The number of rotatable bonds is 2. The molecule has 46 heavy (non-hydrogen) atoms. The summed E-state index contributed by atoms with van der Waals surface area (Å²) in [6.45, 7) is 11.4. The molecule has 0 radical (unpaired) electrons. The summed E-state index contributed by atoms with van der Waals surface area (Å²) in [6, 6.07) is 4.08. The molecule has 2 aliphatic heterocycles. The van der Waals surface area contributed by atoms with Crippen molar-refractivity contribution in [2.24, 2.45) is 23.2 Å². The van der Waals surface area contributed by atoms with E-state index in [1.807, 2.05) is 52.8 Å². The SMILES string of the molecule is COc1ccc2nc3c(nc2c1)O[C@H]1CN(C(=O)[C@H](C(C)(C)C)NC(=O)O[C@]2(C)CCC[C@H]2CCCCC2CC32)[C@H](C(C)=O)[C@@H]1C. The lowest BCUT2D eigenvalue weighted by atomic mass is 9.85. The van der Waals surface area contributed by atoms with Crippen LogP contribution < -0.4 is 14.8 Å². The van der Waals surface area contributed by atoms with Crippen molar-refractivity contribution in [2.75, 3.05) is 13.7 Å². The number of amides is 2. The zero-order chi connectivity index (χ0) is 33.0. The summed E-state index contributed by atoms with van der Waals surface area (Å²) < 4.78 is 18.3. The highest BCUT2D eigenvalue weighted by molar-refractivity contribution is 5.92. The first kappa shape index (κ1) is 32.5. The number of hydrogen-bond donors (Lipinski definition) is 1. The number of carbonyl (C=O) groups excluding carboxylic acids is 3. The van der Waals surface area contributed by atoms with Gasteiger partial charge in [0.25, 0.3) is 0 Å². The monoisotopic (exact) mass is 634 g/mol. The van der Waals surface area contributed by atoms with Crippen molar-refractivity contribution in [1.82, 2.24) is 20.2 Å². The Kier molecular flexibility index (Phi) is 8.70. The van der Waals surface area contributed by atoms with Gasteiger partial charge in [-0.15, -0.1) is 0 Å². The second-order valence-electron chi connectivity index (χ2n) is 15.5. The molecule has 2 aromatic rings. The van der Waals surface area contributed by atoms with Gasteiger partial charge in [-0.2, -0.15) is 0 Å². The summed E-state index contributed by atoms with van der Waals surface area (Å²) in [5.41, 5.74) is 1.11. The number of hydrogen-bond acceptors (Lipinski definition) is 8. The van der Waals surface area contributed by atoms with Gasteiger partial charge >= 0.3 is 6.09 Å². The Morgan fingerprint density at radius 1 is 1.09 bits per heavy atom. The van der Waals surface area contributed by atoms with Gasteiger partial charge in [0.05, 0.1) is 30.7 Å². The highest BCUT2D eigenvalue weighted by Crippen LogP contribution is 2.53. The summed E-state index contributed by atoms with van der Waals surface area (Å²) >= 11 is 0. The number of alkyl carbamates (subject to hydrolysis) is 1. The van der Waals surface area contributed by atoms with E-state index in [1.54, 1.807) is 12.0 Å². The summed E-state index contributed by atoms with van der Waals surface area (Å²) in [4.78, 5) is 52.6. The van der Waals surface area contributed by atoms with Crippen molar-refractivity contribution in [2.45, 2.75) is 123 Å². The molecule has 0 spiro atoms. The number of aromatic nitrogens is 2. The van der Waals surface area contributed by atoms with Gasteiger partial charge < -0.3 is 24.4 Å². The fraction of sp³-hybridized carbons (Fsp3) is 0.694. The first-order valence-electron chi connectivity index (χ1n) is 17.1. The molecule has 3 fully saturated rings. The number of fused-ring (bicyclic) bond motifs is 7. The molecule has 10 nitrogen and oxygen atoms in total. The van der Waals surface area contributed by atoms with E-state index in [9.17, 15) is 14.4 Å². The Balaban J connectivity index is 1.38. The molecule has 1 N–H and O–H groups in total. The van der Waals surface area contributed by atoms with E-state index in [1.165, 1.54) is 6.92 Å². The summed E-state index contributed by atoms with van der Waals surface area (Å²) in [5, 5.41) is 2.94. The number of ether oxygens (including phenoxy) is 3. The molecule has 10 heteroatoms. The molecule has 2 saturated carbocycles. The fourth-order valence-corrected chi connectivity index (χ4v) is 8.22. The lowest BCUT2D eigenvalue weighted by Crippen LogP contribution is -2.57. The van der Waals surface area contributed by atoms with E-state index >= 15 is 0 Å². The van der Waals surface area contributed by atoms with Crippen LogP contribution in [0.3, 0.4) is 0 Å². The Bertz CT molecular complexity index is 1510. The maximum Gasteiger partial charge on any atom is 0.408 e. The molecule has 1 aromatic heterocycles. The van der Waals surface area contributed by atoms with Crippen LogP contribution in [0.25, 0.3) is 11.0 Å². The predicted molar refractivity (Wildman–Crippen MR) is 174 cm³/mol. The van der Waals surface area contributed by atoms with Gasteiger partial charge in [-0.3, -0.25) is 9.59 Å². The van der Waals surface area contributed by atoms with Gasteiger partial charge in [0.15, 0.2) is 5.78 Å². The fourth-order valence-electron chi connectivity index (χ4n) is 8.22. The molecule has 8 atom stereocenters. The average Bonchev–Trinajstić information content (AvgIpc) is 3.56. The van der Waals surface area contributed by atoms with Crippen molar-refractivity contribution < 1.29 is 28.6 Å². The van der Waals surface area contributed by atoms with Gasteiger partial charge in [-0.1, -0.05) is 40.5 Å². The van der Waals surface area contributed by atoms with E-state index in [2.05, 4.69) is 5.32 Å². The van der Waals surface area contributed by atoms with Crippen LogP contribution in [0.2, 0.25) is 0 Å². The third-order valence-electron chi connectivity index (χ3n) is 11.1. The first-order valence-corrected chi connectivity index (χ1v) is 17.1. The number of nitrogens with zero attached hydrogens (tertiary/aromatic N) is 3. The summed E-state index contributed by atoms with van der Waals surface area (Å²) in [6.07, 6.45) is 7.11. The summed E-state index contributed by atoms with van der Waals surface area (Å²) in [7, 11) is 1.62. The van der Waals surface area contributed by atoms with Crippen molar-refractivity contribution in [3.8, 4) is 11.6 Å². The minimum absolute atomic E-state index is 0.123. The van der Waals surface area contributed by atoms with Gasteiger partial charge in [-0.25, -0.2) is 14.8 Å². The average molecular weight is 635 g/mol. The third kappa shape index (κ3) is 6.28. The van der Waals surface area contributed by atoms with Crippen LogP contribution in [0.15, 0.2) is 18.2 Å². The van der Waals surface area contributed by atoms with Crippen LogP contribution in [0, 0.1) is 23.2 Å². The number of carbonyl (C=O) groups is 3. The van der Waals surface area contributed by atoms with E-state index in [0.29, 0.717) is 23.1 Å². The van der Waals surface area contributed by atoms with Crippen LogP contribution >= 0.6 is 0 Å². The predicted octanol–water partition coefficient (Wildman–Crippen LogP) is 6.20. The standard InChI is InChI=1S/C36H50N4O6/c1-20-28-19-40(30(20)21(2)41)33(42)31(35(3,4)5)39-34(43)46-36(6)16-10-13-23(36)12-9-8-11-22-17-25(22)29-32(45-28)38-27-18-24(44-7)14-15-26(27)37-29/h14-15,18,20,22-23,25,28,30-31H,8-13,16-17,19H2,1-7H3,(H,39,43)/t20-,22?,23-,25?,28+,30+,31-,36-/m1/s1. The highest BCUT2D eigenvalue weighted by atomic mass is 16.6. The molecule has 2 bridgehead atoms. The van der Waals surface area contributed by atoms with Gasteiger partial charge in [0.2, 0.25) is 11.8 Å². The van der Waals surface area contributed by atoms with Gasteiger partial charge in [0.1, 0.15) is 29.2 Å². The zero-order valence-corrected chi connectivity index (χ0v) is 28.4. The number of Topliss-reactive ketones (excluding diaryl/α,β-unsaturated/α-hetero) is 1. The number of benzene rings is 1. The van der Waals surface area contributed by atoms with Crippen molar-refractivity contribution in [3.63, 3.8) is 0 Å². The van der Waals surface area contributed by atoms with Crippen LogP contribution in [-0.4, -0.2) is 70.1 Å². The lowest BCUT2D eigenvalue weighted by Gasteiger charge is -2.37. The number of nitrogens with one attached hydrogen (secondary N) is 1. The Morgan fingerprint density at radius 3 is 2.54 bits per heavy atom. The van der Waals surface area contributed by atoms with E-state index in [-0.39, 0.29) is 36.0 Å². The molecular weight excluding hydrogens is 584 g/mol. The van der Waals surface area contributed by atoms with E-state index in [0.717, 1.165) is 62.6 Å². The molecule has 1 aromatic carbocycles. The van der Waals surface area contributed by atoms with Gasteiger partial charge in [0, 0.05) is 17.9 Å². The second kappa shape index (κ2) is 12.3. The molecule has 4 aliphatic rings. The van der Waals surface area contributed by atoms with Gasteiger partial charge in [-0.05, 0) is 81.8 Å². The Morgan fingerprint density at radius 2 is 1.83 bits per heavy atom. The molecule has 6 rings (SSSR count). The van der Waals surface area contributed by atoms with Crippen molar-refractivity contribution in [1.29, 1.82) is 0 Å². The number of ketones is 1. The zero-order valence-electron chi connectivity index (χ0n) is 28.4. The molecule has 2 aliphatic carbocycles. The first-order chi connectivity index (χ1) is 21.8. The molecular formula is C36H50N4O6. The minimum Gasteiger partial charge on any atom is -0.497 e. The van der Waals surface area contributed by atoms with Crippen molar-refractivity contribution in [3.05, 3.63) is 23.9 Å². The lowest BCUT2D eigenvalue weighted by molar-refractivity contribution is -0.141. The molecule has 1 saturated heterocycles. The normalized spacial score (nSPS) is 33.7. The van der Waals surface area contributed by atoms with E-state index in [4.69, 9.17) is 24.2 Å². The number of methoxy groups -OCH3 is 1. The van der Waals surface area contributed by atoms with Crippen molar-refractivity contribution >= 4 is 28.8 Å². The minimum atomic E-state index is -0.894. The van der Waals surface area contributed by atoms with Crippen LogP contribution in [-0.2, 0) is 14.3 Å². The Labute approximate surface area is 272 Å². The molecule has 250 valence electrons. The van der Waals surface area contributed by atoms with Crippen LogP contribution in [0.4, 0.5) is 4.79 Å². The largest absolute Gasteiger partial charge is 0.497 e. The summed E-state index contributed by atoms with van der Waals surface area (Å²) in [5.74, 6) is 1.45. The Hall–Kier alpha value is -3.43. The smallest absolute Gasteiger partial charge is 0.408 e. The topological polar surface area (TPSA) is 120 Å². The quantitative estimate of drug-likeness (QED) is 0.415. The second-order valence-corrected chi connectivity index (χ2v) is 15.5. The highest BCUT2D eigenvalue weighted by Gasteiger charge is 2.50.